The predicted molar refractivity (Wildman–Crippen MR) is 107 cm³/mol. The highest BCUT2D eigenvalue weighted by Gasteiger charge is 2.22. The van der Waals surface area contributed by atoms with Crippen LogP contribution in [0.25, 0.3) is 0 Å². The second-order valence-corrected chi connectivity index (χ2v) is 7.18. The van der Waals surface area contributed by atoms with Crippen LogP contribution in [0, 0.1) is 0 Å². The molecule has 0 spiro atoms. The van der Waals surface area contributed by atoms with Crippen LogP contribution in [0.1, 0.15) is 22.5 Å². The smallest absolute Gasteiger partial charge is 0.321 e. The van der Waals surface area contributed by atoms with E-state index in [1.165, 1.54) is 6.26 Å². The van der Waals surface area contributed by atoms with Gasteiger partial charge in [-0.15, -0.1) is 0 Å². The summed E-state index contributed by atoms with van der Waals surface area (Å²) in [4.78, 5) is 40.3. The number of urea groups is 1. The van der Waals surface area contributed by atoms with Crippen LogP contribution >= 0.6 is 11.6 Å². The molecule has 3 rings (SSSR count). The van der Waals surface area contributed by atoms with Gasteiger partial charge in [-0.25, -0.2) is 4.79 Å². The third-order valence-electron chi connectivity index (χ3n) is 4.57. The molecule has 1 aromatic carbocycles. The zero-order valence-corrected chi connectivity index (χ0v) is 16.7. The van der Waals surface area contributed by atoms with Crippen molar-refractivity contribution in [2.24, 2.45) is 0 Å². The number of nitrogens with zero attached hydrogens (tertiary/aromatic N) is 2. The third-order valence-corrected chi connectivity index (χ3v) is 4.81. The number of rotatable bonds is 5. The van der Waals surface area contributed by atoms with E-state index in [1.807, 2.05) is 4.90 Å². The Hall–Kier alpha value is -2.84. The molecule has 2 heterocycles. The van der Waals surface area contributed by atoms with E-state index in [2.05, 4.69) is 10.6 Å². The summed E-state index contributed by atoms with van der Waals surface area (Å²) in [5.41, 5.74) is 0.553. The van der Waals surface area contributed by atoms with Gasteiger partial charge in [0.25, 0.3) is 5.91 Å². The highest BCUT2D eigenvalue weighted by Crippen LogP contribution is 2.14. The fourth-order valence-electron chi connectivity index (χ4n) is 3.13. The number of furan rings is 1. The fraction of sp³-hybridized carbons (Fsp3) is 0.350. The van der Waals surface area contributed by atoms with Gasteiger partial charge < -0.3 is 14.6 Å². The van der Waals surface area contributed by atoms with Crippen molar-refractivity contribution >= 4 is 29.4 Å². The minimum atomic E-state index is -0.570. The Morgan fingerprint density at radius 3 is 2.69 bits per heavy atom. The van der Waals surface area contributed by atoms with Crippen molar-refractivity contribution in [3.63, 3.8) is 0 Å². The fourth-order valence-corrected chi connectivity index (χ4v) is 3.32. The molecule has 1 aromatic heterocycles. The van der Waals surface area contributed by atoms with Gasteiger partial charge in [0.05, 0.1) is 19.4 Å². The summed E-state index contributed by atoms with van der Waals surface area (Å²) >= 11 is 5.97. The molecule has 1 aliphatic heterocycles. The van der Waals surface area contributed by atoms with Gasteiger partial charge in [0.2, 0.25) is 5.91 Å². The first kappa shape index (κ1) is 20.9. The average molecular weight is 419 g/mol. The van der Waals surface area contributed by atoms with E-state index < -0.39 is 11.9 Å². The van der Waals surface area contributed by atoms with Gasteiger partial charge in [-0.1, -0.05) is 17.7 Å². The Balaban J connectivity index is 1.43. The zero-order chi connectivity index (χ0) is 20.6. The van der Waals surface area contributed by atoms with E-state index >= 15 is 0 Å². The molecule has 0 aliphatic carbocycles. The van der Waals surface area contributed by atoms with E-state index in [0.29, 0.717) is 42.5 Å². The molecule has 2 aromatic rings. The monoisotopic (exact) mass is 418 g/mol. The lowest BCUT2D eigenvalue weighted by molar-refractivity contribution is -0.121. The van der Waals surface area contributed by atoms with Gasteiger partial charge in [0.1, 0.15) is 5.76 Å². The first-order valence-corrected chi connectivity index (χ1v) is 9.76. The van der Waals surface area contributed by atoms with Crippen LogP contribution in [0.2, 0.25) is 5.02 Å². The molecule has 2 N–H and O–H groups in total. The number of hydrogen-bond acceptors (Lipinski definition) is 5. The Bertz CT molecular complexity index is 856. The summed E-state index contributed by atoms with van der Waals surface area (Å²) in [6.45, 7) is 2.62. The van der Waals surface area contributed by atoms with Crippen molar-refractivity contribution in [1.82, 2.24) is 20.4 Å². The number of benzene rings is 1. The number of carbonyl (C=O) groups is 3. The molecule has 1 fully saturated rings. The van der Waals surface area contributed by atoms with Gasteiger partial charge >= 0.3 is 6.03 Å². The molecular formula is C20H23ClN4O4. The van der Waals surface area contributed by atoms with E-state index in [0.717, 1.165) is 6.42 Å². The molecule has 1 aliphatic rings. The molecule has 8 nitrogen and oxygen atoms in total. The molecular weight excluding hydrogens is 396 g/mol. The van der Waals surface area contributed by atoms with Crippen LogP contribution in [-0.4, -0.2) is 60.4 Å². The van der Waals surface area contributed by atoms with Crippen LogP contribution in [0.4, 0.5) is 4.79 Å². The molecule has 0 atom stereocenters. The zero-order valence-electron chi connectivity index (χ0n) is 15.9. The first-order valence-electron chi connectivity index (χ1n) is 9.38. The second kappa shape index (κ2) is 10.1. The molecule has 0 saturated carbocycles. The van der Waals surface area contributed by atoms with Gasteiger partial charge in [0.15, 0.2) is 0 Å². The summed E-state index contributed by atoms with van der Waals surface area (Å²) in [5.74, 6) is 0.136. The number of imide groups is 1. The maximum Gasteiger partial charge on any atom is 0.321 e. The number of carbonyl (C=O) groups excluding carboxylic acids is 3. The normalized spacial score (nSPS) is 14.9. The van der Waals surface area contributed by atoms with Crippen LogP contribution in [0.3, 0.4) is 0 Å². The SMILES string of the molecule is O=C(CN1CCCN(C(=O)c2cccc(Cl)c2)CC1)NC(=O)NCc1ccco1. The highest BCUT2D eigenvalue weighted by atomic mass is 35.5. The van der Waals surface area contributed by atoms with E-state index in [9.17, 15) is 14.4 Å². The van der Waals surface area contributed by atoms with Gasteiger partial charge in [-0.05, 0) is 36.8 Å². The molecule has 0 unspecified atom stereocenters. The number of nitrogens with one attached hydrogen (secondary N) is 2. The third kappa shape index (κ3) is 6.33. The quantitative estimate of drug-likeness (QED) is 0.775. The standard InChI is InChI=1S/C20H23ClN4O4/c21-16-5-1-4-15(12-16)19(27)25-8-3-7-24(9-10-25)14-18(26)23-20(28)22-13-17-6-2-11-29-17/h1-2,4-6,11-12H,3,7-10,13-14H2,(H2,22,23,26,28). The van der Waals surface area contributed by atoms with Gasteiger partial charge in [0, 0.05) is 36.8 Å². The molecule has 29 heavy (non-hydrogen) atoms. The maximum atomic E-state index is 12.7. The van der Waals surface area contributed by atoms with Gasteiger partial charge in [-0.3, -0.25) is 19.8 Å². The molecule has 4 amide bonds. The minimum absolute atomic E-state index is 0.0731. The lowest BCUT2D eigenvalue weighted by atomic mass is 10.2. The molecule has 9 heteroatoms. The van der Waals surface area contributed by atoms with Gasteiger partial charge in [-0.2, -0.15) is 0 Å². The Morgan fingerprint density at radius 2 is 1.93 bits per heavy atom. The van der Waals surface area contributed by atoms with Crippen LogP contribution in [0.5, 0.6) is 0 Å². The molecule has 0 radical (unpaired) electrons. The molecule has 1 saturated heterocycles. The molecule has 0 bridgehead atoms. The van der Waals surface area contributed by atoms with Crippen molar-refractivity contribution in [3.8, 4) is 0 Å². The summed E-state index contributed by atoms with van der Waals surface area (Å²) in [6.07, 6.45) is 2.25. The lowest BCUT2D eigenvalue weighted by Crippen LogP contribution is -2.45. The van der Waals surface area contributed by atoms with E-state index in [-0.39, 0.29) is 19.0 Å². The maximum absolute atomic E-state index is 12.7. The minimum Gasteiger partial charge on any atom is -0.467 e. The van der Waals surface area contributed by atoms with Crippen LogP contribution < -0.4 is 10.6 Å². The predicted octanol–water partition coefficient (Wildman–Crippen LogP) is 2.11. The van der Waals surface area contributed by atoms with Crippen molar-refractivity contribution in [1.29, 1.82) is 0 Å². The summed E-state index contributed by atoms with van der Waals surface area (Å²) in [7, 11) is 0. The number of halogens is 1. The number of hydrogen-bond donors (Lipinski definition) is 2. The Kier molecular flexibility index (Phi) is 7.26. The van der Waals surface area contributed by atoms with Crippen LogP contribution in [-0.2, 0) is 11.3 Å². The first-order chi connectivity index (χ1) is 14.0. The summed E-state index contributed by atoms with van der Waals surface area (Å²) in [5, 5.41) is 5.39. The second-order valence-electron chi connectivity index (χ2n) is 6.74. The van der Waals surface area contributed by atoms with E-state index in [4.69, 9.17) is 16.0 Å². The van der Waals surface area contributed by atoms with E-state index in [1.54, 1.807) is 41.3 Å². The highest BCUT2D eigenvalue weighted by molar-refractivity contribution is 6.30. The van der Waals surface area contributed by atoms with Crippen molar-refractivity contribution < 1.29 is 18.8 Å². The van der Waals surface area contributed by atoms with Crippen molar-refractivity contribution in [2.75, 3.05) is 32.7 Å². The topological polar surface area (TPSA) is 94.9 Å². The summed E-state index contributed by atoms with van der Waals surface area (Å²) < 4.78 is 5.12. The van der Waals surface area contributed by atoms with Crippen LogP contribution in [0.15, 0.2) is 47.1 Å². The summed E-state index contributed by atoms with van der Waals surface area (Å²) in [6, 6.07) is 9.76. The Labute approximate surface area is 173 Å². The lowest BCUT2D eigenvalue weighted by Gasteiger charge is -2.21. The Morgan fingerprint density at radius 1 is 1.07 bits per heavy atom. The largest absolute Gasteiger partial charge is 0.467 e. The van der Waals surface area contributed by atoms with Crippen molar-refractivity contribution in [2.45, 2.75) is 13.0 Å². The number of amides is 4. The molecule has 154 valence electrons. The average Bonchev–Trinajstić information content (AvgIpc) is 3.11. The van der Waals surface area contributed by atoms with Crippen molar-refractivity contribution in [3.05, 3.63) is 59.0 Å².